The first-order valence-electron chi connectivity index (χ1n) is 7.58. The number of hydrogen-bond donors (Lipinski definition) is 0. The van der Waals surface area contributed by atoms with E-state index in [1.807, 2.05) is 0 Å². The number of ether oxygens (including phenoxy) is 1. The van der Waals surface area contributed by atoms with E-state index < -0.39 is 16.3 Å². The fourth-order valence-electron chi connectivity index (χ4n) is 3.37. The Kier molecular flexibility index (Phi) is 3.71. The molecule has 9 heteroatoms. The smallest absolute Gasteiger partial charge is 0.272 e. The Hall–Kier alpha value is -2.25. The molecule has 0 N–H and O–H groups in total. The predicted octanol–water partition coefficient (Wildman–Crippen LogP) is 6.08. The molecule has 2 aliphatic rings. The van der Waals surface area contributed by atoms with Crippen molar-refractivity contribution in [3.63, 3.8) is 0 Å². The van der Waals surface area contributed by atoms with Gasteiger partial charge in [-0.15, -0.1) is 0 Å². The summed E-state index contributed by atoms with van der Waals surface area (Å²) in [6.07, 6.45) is 0.975. The van der Waals surface area contributed by atoms with Gasteiger partial charge in [0.15, 0.2) is 5.75 Å². The fourth-order valence-corrected chi connectivity index (χ4v) is 3.93. The van der Waals surface area contributed by atoms with Crippen LogP contribution in [0.2, 0.25) is 10.0 Å². The number of fused-ring (bicyclic) bond motifs is 2. The second-order valence-electron chi connectivity index (χ2n) is 6.40. The van der Waals surface area contributed by atoms with E-state index in [-0.39, 0.29) is 34.3 Å². The Morgan fingerprint density at radius 2 is 1.81 bits per heavy atom. The molecule has 0 amide bonds. The van der Waals surface area contributed by atoms with Gasteiger partial charge in [0.25, 0.3) is 11.6 Å². The van der Waals surface area contributed by atoms with Gasteiger partial charge in [-0.05, 0) is 23.8 Å². The van der Waals surface area contributed by atoms with E-state index in [1.165, 1.54) is 0 Å². The highest BCUT2D eigenvalue weighted by Gasteiger charge is 2.58. The molecule has 26 heavy (non-hydrogen) atoms. The van der Waals surface area contributed by atoms with E-state index in [0.717, 1.165) is 12.1 Å². The average molecular weight is 399 g/mol. The Balaban J connectivity index is 1.66. The molecular weight excluding hydrogens is 389 g/mol. The van der Waals surface area contributed by atoms with Crippen LogP contribution in [0.3, 0.4) is 0 Å². The number of benzene rings is 2. The van der Waals surface area contributed by atoms with Crippen LogP contribution < -0.4 is 4.74 Å². The summed E-state index contributed by atoms with van der Waals surface area (Å²) in [5.41, 5.74) is 0.246. The summed E-state index contributed by atoms with van der Waals surface area (Å²) in [6.45, 7) is 0. The zero-order chi connectivity index (χ0) is 18.7. The van der Waals surface area contributed by atoms with Gasteiger partial charge in [0.05, 0.1) is 20.7 Å². The highest BCUT2D eigenvalue weighted by molar-refractivity contribution is 6.37. The topological polar surface area (TPSA) is 64.7 Å². The summed E-state index contributed by atoms with van der Waals surface area (Å²) < 4.78 is 32.5. The molecule has 0 bridgehead atoms. The van der Waals surface area contributed by atoms with Gasteiger partial charge in [-0.2, -0.15) is 0 Å². The Morgan fingerprint density at radius 1 is 1.15 bits per heavy atom. The van der Waals surface area contributed by atoms with Crippen LogP contribution in [0, 0.1) is 10.1 Å². The van der Waals surface area contributed by atoms with Gasteiger partial charge in [0.2, 0.25) is 0 Å². The highest BCUT2D eigenvalue weighted by atomic mass is 35.5. The van der Waals surface area contributed by atoms with Crippen LogP contribution in [-0.4, -0.2) is 17.1 Å². The maximum atomic E-state index is 13.4. The lowest BCUT2D eigenvalue weighted by atomic mass is 9.63. The van der Waals surface area contributed by atoms with E-state index >= 15 is 0 Å². The molecule has 1 aliphatic carbocycles. The number of halogens is 4. The molecule has 0 aromatic heterocycles. The van der Waals surface area contributed by atoms with Crippen LogP contribution in [0.1, 0.15) is 18.4 Å². The molecule has 2 aromatic carbocycles. The van der Waals surface area contributed by atoms with Crippen LogP contribution in [0.15, 0.2) is 35.3 Å². The highest BCUT2D eigenvalue weighted by Crippen LogP contribution is 2.57. The van der Waals surface area contributed by atoms with Gasteiger partial charge in [-0.1, -0.05) is 23.2 Å². The molecule has 0 radical (unpaired) electrons. The van der Waals surface area contributed by atoms with E-state index in [9.17, 15) is 18.9 Å². The number of rotatable bonds is 3. The van der Waals surface area contributed by atoms with Crippen LogP contribution in [-0.2, 0) is 5.41 Å². The maximum absolute atomic E-state index is 13.4. The van der Waals surface area contributed by atoms with Crippen molar-refractivity contribution >= 4 is 40.8 Å². The number of aliphatic imine (C=N–C) groups is 1. The first-order valence-corrected chi connectivity index (χ1v) is 8.34. The van der Waals surface area contributed by atoms with Crippen molar-refractivity contribution in [3.05, 3.63) is 56.1 Å². The lowest BCUT2D eigenvalue weighted by Gasteiger charge is -2.43. The van der Waals surface area contributed by atoms with Crippen molar-refractivity contribution in [1.82, 2.24) is 0 Å². The quantitative estimate of drug-likeness (QED) is 0.464. The van der Waals surface area contributed by atoms with E-state index in [0.29, 0.717) is 17.0 Å². The number of nitrogens with zero attached hydrogens (tertiary/aromatic N) is 2. The molecule has 0 atom stereocenters. The molecule has 134 valence electrons. The molecule has 2 aromatic rings. The second kappa shape index (κ2) is 5.62. The molecule has 4 rings (SSSR count). The zero-order valence-corrected chi connectivity index (χ0v) is 14.5. The monoisotopic (exact) mass is 398 g/mol. The molecule has 1 saturated carbocycles. The minimum absolute atomic E-state index is 0.0224. The van der Waals surface area contributed by atoms with Crippen molar-refractivity contribution < 1.29 is 18.4 Å². The van der Waals surface area contributed by atoms with Gasteiger partial charge < -0.3 is 4.74 Å². The molecule has 0 unspecified atom stereocenters. The Labute approximate surface area is 156 Å². The first kappa shape index (κ1) is 17.2. The SMILES string of the molecule is O=[N+]([O-])c1cc(Cl)c(Oc2ccc3c(c2)C2(C=N3)CC(F)(F)C2)c(Cl)c1. The second-order valence-corrected chi connectivity index (χ2v) is 7.21. The third-order valence-corrected chi connectivity index (χ3v) is 5.08. The molecule has 1 spiro atoms. The van der Waals surface area contributed by atoms with Crippen LogP contribution in [0.4, 0.5) is 20.2 Å². The summed E-state index contributed by atoms with van der Waals surface area (Å²) in [5.74, 6) is -2.30. The normalized spacial score (nSPS) is 18.5. The lowest BCUT2D eigenvalue weighted by Crippen LogP contribution is -2.49. The van der Waals surface area contributed by atoms with Crippen molar-refractivity contribution in [2.45, 2.75) is 24.2 Å². The minimum atomic E-state index is -2.70. The Morgan fingerprint density at radius 3 is 2.38 bits per heavy atom. The number of nitro benzene ring substituents is 1. The van der Waals surface area contributed by atoms with Crippen LogP contribution in [0.25, 0.3) is 0 Å². The summed E-state index contributed by atoms with van der Waals surface area (Å²) in [6, 6.07) is 7.17. The summed E-state index contributed by atoms with van der Waals surface area (Å²) in [4.78, 5) is 14.4. The number of nitro groups is 1. The first-order chi connectivity index (χ1) is 12.2. The van der Waals surface area contributed by atoms with Gasteiger partial charge in [-0.25, -0.2) is 8.78 Å². The molecule has 1 heterocycles. The summed E-state index contributed by atoms with van der Waals surface area (Å²) in [5, 5.41) is 10.8. The van der Waals surface area contributed by atoms with E-state index in [2.05, 4.69) is 4.99 Å². The van der Waals surface area contributed by atoms with Crippen molar-refractivity contribution in [2.24, 2.45) is 4.99 Å². The van der Waals surface area contributed by atoms with Crippen LogP contribution in [0.5, 0.6) is 11.5 Å². The maximum Gasteiger partial charge on any atom is 0.272 e. The molecule has 0 saturated heterocycles. The van der Waals surface area contributed by atoms with Crippen molar-refractivity contribution in [2.75, 3.05) is 0 Å². The average Bonchev–Trinajstić information content (AvgIpc) is 2.88. The van der Waals surface area contributed by atoms with Crippen molar-refractivity contribution in [3.8, 4) is 11.5 Å². The minimum Gasteiger partial charge on any atom is -0.454 e. The molecular formula is C17H10Cl2F2N2O3. The van der Waals surface area contributed by atoms with Crippen LogP contribution >= 0.6 is 23.2 Å². The number of alkyl halides is 2. The van der Waals surface area contributed by atoms with E-state index in [4.69, 9.17) is 27.9 Å². The summed E-state index contributed by atoms with van der Waals surface area (Å²) >= 11 is 12.1. The van der Waals surface area contributed by atoms with Gasteiger partial charge in [0.1, 0.15) is 5.75 Å². The fraction of sp³-hybridized carbons (Fsp3) is 0.235. The largest absolute Gasteiger partial charge is 0.454 e. The van der Waals surface area contributed by atoms with Gasteiger partial charge >= 0.3 is 0 Å². The molecule has 5 nitrogen and oxygen atoms in total. The van der Waals surface area contributed by atoms with Gasteiger partial charge in [-0.3, -0.25) is 15.1 Å². The van der Waals surface area contributed by atoms with Gasteiger partial charge in [0, 0.05) is 36.6 Å². The number of hydrogen-bond acceptors (Lipinski definition) is 4. The lowest BCUT2D eigenvalue weighted by molar-refractivity contribution is -0.384. The summed E-state index contributed by atoms with van der Waals surface area (Å²) in [7, 11) is 0. The predicted molar refractivity (Wildman–Crippen MR) is 93.6 cm³/mol. The standard InChI is InChI=1S/C17H10Cl2F2N2O3/c18-12-3-9(23(24)25)4-13(19)15(12)26-10-1-2-14-11(5-10)16(8-22-14)6-17(20,21)7-16/h1-5,8H,6-7H2. The van der Waals surface area contributed by atoms with E-state index in [1.54, 1.807) is 24.4 Å². The third kappa shape index (κ3) is 2.71. The molecule has 1 fully saturated rings. The Bertz CT molecular complexity index is 947. The van der Waals surface area contributed by atoms with Crippen molar-refractivity contribution in [1.29, 1.82) is 0 Å². The number of non-ortho nitro benzene ring substituents is 1. The molecule has 1 aliphatic heterocycles. The zero-order valence-electron chi connectivity index (χ0n) is 13.0. The third-order valence-electron chi connectivity index (χ3n) is 4.52.